The Kier molecular flexibility index (Phi) is 5.74. The second-order valence-corrected chi connectivity index (χ2v) is 5.21. The molecule has 0 fully saturated rings. The van der Waals surface area contributed by atoms with Crippen molar-refractivity contribution in [1.82, 2.24) is 5.32 Å². The quantitative estimate of drug-likeness (QED) is 0.760. The smallest absolute Gasteiger partial charge is 0.319 e. The zero-order chi connectivity index (χ0) is 16.7. The molecule has 0 aromatic heterocycles. The van der Waals surface area contributed by atoms with E-state index in [9.17, 15) is 9.59 Å². The zero-order valence-corrected chi connectivity index (χ0v) is 13.0. The van der Waals surface area contributed by atoms with Crippen molar-refractivity contribution >= 4 is 17.7 Å². The molecule has 0 aliphatic rings. The molecule has 0 saturated carbocycles. The third-order valence-corrected chi connectivity index (χ3v) is 3.51. The molecule has 23 heavy (non-hydrogen) atoms. The number of nitrogens with one attached hydrogen (secondary N) is 2. The van der Waals surface area contributed by atoms with Crippen LogP contribution in [0.4, 0.5) is 10.5 Å². The minimum Gasteiger partial charge on any atom is -0.481 e. The van der Waals surface area contributed by atoms with Crippen molar-refractivity contribution in [2.24, 2.45) is 0 Å². The predicted molar refractivity (Wildman–Crippen MR) is 90.4 cm³/mol. The van der Waals surface area contributed by atoms with E-state index in [0.717, 1.165) is 11.1 Å². The highest BCUT2D eigenvalue weighted by atomic mass is 16.4. The second-order valence-electron chi connectivity index (χ2n) is 5.21. The maximum atomic E-state index is 12.1. The highest BCUT2D eigenvalue weighted by Gasteiger charge is 2.15. The number of para-hydroxylation sites is 1. The van der Waals surface area contributed by atoms with Gasteiger partial charge < -0.3 is 15.7 Å². The standard InChI is InChI=1S/C18H20N2O3/c1-2-14(12-17(21)22)19-18(23)20-16-11-7-6-10-15(16)13-8-4-3-5-9-13/h3-11,14H,2,12H2,1H3,(H,21,22)(H2,19,20,23)/t14-/m0/s1. The molecule has 2 aromatic rings. The van der Waals surface area contributed by atoms with Crippen molar-refractivity contribution in [3.63, 3.8) is 0 Å². The third-order valence-electron chi connectivity index (χ3n) is 3.51. The van der Waals surface area contributed by atoms with Gasteiger partial charge in [-0.3, -0.25) is 4.79 Å². The number of amides is 2. The Labute approximate surface area is 135 Å². The number of aliphatic carboxylic acids is 1. The normalized spacial score (nSPS) is 11.5. The van der Waals surface area contributed by atoms with Gasteiger partial charge in [0.2, 0.25) is 0 Å². The number of anilines is 1. The first-order chi connectivity index (χ1) is 11.1. The lowest BCUT2D eigenvalue weighted by atomic mass is 10.0. The van der Waals surface area contributed by atoms with E-state index in [1.807, 2.05) is 61.5 Å². The number of rotatable bonds is 6. The topological polar surface area (TPSA) is 78.4 Å². The van der Waals surface area contributed by atoms with Crippen LogP contribution in [0.3, 0.4) is 0 Å². The average molecular weight is 312 g/mol. The van der Waals surface area contributed by atoms with Crippen molar-refractivity contribution in [2.45, 2.75) is 25.8 Å². The molecule has 0 saturated heterocycles. The highest BCUT2D eigenvalue weighted by molar-refractivity contribution is 5.94. The zero-order valence-electron chi connectivity index (χ0n) is 13.0. The van der Waals surface area contributed by atoms with Crippen LogP contribution in [0.2, 0.25) is 0 Å². The Morgan fingerprint density at radius 3 is 2.35 bits per heavy atom. The number of carboxylic acid groups (broad SMARTS) is 1. The van der Waals surface area contributed by atoms with Gasteiger partial charge in [-0.1, -0.05) is 55.5 Å². The molecule has 2 aromatic carbocycles. The van der Waals surface area contributed by atoms with E-state index < -0.39 is 18.0 Å². The van der Waals surface area contributed by atoms with Gasteiger partial charge in [-0.05, 0) is 18.1 Å². The van der Waals surface area contributed by atoms with E-state index in [1.54, 1.807) is 0 Å². The fraction of sp³-hybridized carbons (Fsp3) is 0.222. The van der Waals surface area contributed by atoms with Gasteiger partial charge in [-0.15, -0.1) is 0 Å². The van der Waals surface area contributed by atoms with Crippen molar-refractivity contribution in [3.8, 4) is 11.1 Å². The molecule has 0 aliphatic heterocycles. The average Bonchev–Trinajstić information content (AvgIpc) is 2.55. The van der Waals surface area contributed by atoms with E-state index in [0.29, 0.717) is 12.1 Å². The van der Waals surface area contributed by atoms with Crippen LogP contribution in [-0.4, -0.2) is 23.1 Å². The van der Waals surface area contributed by atoms with E-state index in [1.165, 1.54) is 0 Å². The molecule has 0 heterocycles. The molecule has 2 rings (SSSR count). The SMILES string of the molecule is CC[C@@H](CC(=O)O)NC(=O)Nc1ccccc1-c1ccccc1. The van der Waals surface area contributed by atoms with Crippen molar-refractivity contribution in [1.29, 1.82) is 0 Å². The van der Waals surface area contributed by atoms with E-state index >= 15 is 0 Å². The van der Waals surface area contributed by atoms with Gasteiger partial charge in [0.15, 0.2) is 0 Å². The monoisotopic (exact) mass is 312 g/mol. The number of hydrogen-bond acceptors (Lipinski definition) is 2. The highest BCUT2D eigenvalue weighted by Crippen LogP contribution is 2.27. The summed E-state index contributed by atoms with van der Waals surface area (Å²) in [4.78, 5) is 22.9. The first-order valence-corrected chi connectivity index (χ1v) is 7.54. The van der Waals surface area contributed by atoms with E-state index in [-0.39, 0.29) is 6.42 Å². The van der Waals surface area contributed by atoms with E-state index in [2.05, 4.69) is 10.6 Å². The number of benzene rings is 2. The fourth-order valence-corrected chi connectivity index (χ4v) is 2.31. The van der Waals surface area contributed by atoms with Crippen LogP contribution in [-0.2, 0) is 4.79 Å². The minimum atomic E-state index is -0.929. The van der Waals surface area contributed by atoms with Gasteiger partial charge in [0.1, 0.15) is 0 Å². The van der Waals surface area contributed by atoms with Crippen LogP contribution < -0.4 is 10.6 Å². The fourth-order valence-electron chi connectivity index (χ4n) is 2.31. The summed E-state index contributed by atoms with van der Waals surface area (Å²) in [7, 11) is 0. The Balaban J connectivity index is 2.11. The summed E-state index contributed by atoms with van der Waals surface area (Å²) >= 11 is 0. The molecule has 1 atom stereocenters. The number of carboxylic acids is 1. The minimum absolute atomic E-state index is 0.0930. The van der Waals surface area contributed by atoms with Crippen molar-refractivity contribution in [2.75, 3.05) is 5.32 Å². The van der Waals surface area contributed by atoms with Gasteiger partial charge >= 0.3 is 12.0 Å². The summed E-state index contributed by atoms with van der Waals surface area (Å²) in [5.41, 5.74) is 2.59. The Hall–Kier alpha value is -2.82. The Bertz CT molecular complexity index is 671. The van der Waals surface area contributed by atoms with Gasteiger partial charge in [-0.2, -0.15) is 0 Å². The molecular formula is C18H20N2O3. The molecule has 3 N–H and O–H groups in total. The van der Waals surface area contributed by atoms with E-state index in [4.69, 9.17) is 5.11 Å². The molecule has 2 amide bonds. The predicted octanol–water partition coefficient (Wildman–Crippen LogP) is 3.73. The van der Waals surface area contributed by atoms with Crippen LogP contribution in [0.25, 0.3) is 11.1 Å². The molecule has 0 aliphatic carbocycles. The largest absolute Gasteiger partial charge is 0.481 e. The van der Waals surface area contributed by atoms with Gasteiger partial charge in [-0.25, -0.2) is 4.79 Å². The first kappa shape index (κ1) is 16.5. The Morgan fingerprint density at radius 1 is 1.04 bits per heavy atom. The molecule has 5 heteroatoms. The van der Waals surface area contributed by atoms with Gasteiger partial charge in [0, 0.05) is 11.6 Å². The lowest BCUT2D eigenvalue weighted by Crippen LogP contribution is -2.38. The van der Waals surface area contributed by atoms with Crippen LogP contribution in [0.15, 0.2) is 54.6 Å². The number of carbonyl (C=O) groups excluding carboxylic acids is 1. The maximum Gasteiger partial charge on any atom is 0.319 e. The van der Waals surface area contributed by atoms with Crippen LogP contribution in [0, 0.1) is 0 Å². The van der Waals surface area contributed by atoms with Crippen molar-refractivity contribution < 1.29 is 14.7 Å². The number of hydrogen-bond donors (Lipinski definition) is 3. The van der Waals surface area contributed by atoms with Crippen molar-refractivity contribution in [3.05, 3.63) is 54.6 Å². The lowest BCUT2D eigenvalue weighted by molar-refractivity contribution is -0.137. The maximum absolute atomic E-state index is 12.1. The summed E-state index contributed by atoms with van der Waals surface area (Å²) in [6.45, 7) is 1.84. The first-order valence-electron chi connectivity index (χ1n) is 7.54. The van der Waals surface area contributed by atoms with Crippen LogP contribution in [0.1, 0.15) is 19.8 Å². The summed E-state index contributed by atoms with van der Waals surface area (Å²) in [5.74, 6) is -0.929. The third kappa shape index (κ3) is 4.85. The summed E-state index contributed by atoms with van der Waals surface area (Å²) in [6, 6.07) is 16.5. The molecule has 0 spiro atoms. The number of urea groups is 1. The lowest BCUT2D eigenvalue weighted by Gasteiger charge is -2.17. The summed E-state index contributed by atoms with van der Waals surface area (Å²) in [5, 5.41) is 14.3. The molecular weight excluding hydrogens is 292 g/mol. The molecule has 120 valence electrons. The molecule has 0 bridgehead atoms. The molecule has 5 nitrogen and oxygen atoms in total. The summed E-state index contributed by atoms with van der Waals surface area (Å²) < 4.78 is 0. The van der Waals surface area contributed by atoms with Crippen LogP contribution >= 0.6 is 0 Å². The summed E-state index contributed by atoms with van der Waals surface area (Å²) in [6.07, 6.45) is 0.463. The Morgan fingerprint density at radius 2 is 1.70 bits per heavy atom. The number of carbonyl (C=O) groups is 2. The second kappa shape index (κ2) is 7.98. The molecule has 0 radical (unpaired) electrons. The molecule has 0 unspecified atom stereocenters. The van der Waals surface area contributed by atoms with Gasteiger partial charge in [0.25, 0.3) is 0 Å². The van der Waals surface area contributed by atoms with Gasteiger partial charge in [0.05, 0.1) is 12.1 Å². The van der Waals surface area contributed by atoms with Crippen LogP contribution in [0.5, 0.6) is 0 Å².